The first kappa shape index (κ1) is 24.9. The summed E-state index contributed by atoms with van der Waals surface area (Å²) in [6.07, 6.45) is -3.13. The molecular weight excluding hydrogens is 551 g/mol. The predicted molar refractivity (Wildman–Crippen MR) is 128 cm³/mol. The van der Waals surface area contributed by atoms with Crippen molar-refractivity contribution in [3.63, 3.8) is 0 Å². The van der Waals surface area contributed by atoms with Crippen LogP contribution in [0, 0.1) is 13.8 Å². The largest absolute Gasteiger partial charge is 0.433 e. The second-order valence-corrected chi connectivity index (χ2v) is 9.51. The number of hydrogen-bond acceptors (Lipinski definition) is 6. The van der Waals surface area contributed by atoms with Crippen LogP contribution in [0.3, 0.4) is 0 Å². The van der Waals surface area contributed by atoms with E-state index in [2.05, 4.69) is 36.4 Å². The van der Waals surface area contributed by atoms with Crippen molar-refractivity contribution < 1.29 is 22.8 Å². The molecule has 14 heteroatoms. The average Bonchev–Trinajstić information content (AvgIpc) is 3.42. The Labute approximate surface area is 209 Å². The summed E-state index contributed by atoms with van der Waals surface area (Å²) >= 11 is 4.00. The highest BCUT2D eigenvalue weighted by molar-refractivity contribution is 9.10. The maximum Gasteiger partial charge on any atom is 0.433 e. The Morgan fingerprint density at radius 1 is 1.23 bits per heavy atom. The van der Waals surface area contributed by atoms with Gasteiger partial charge >= 0.3 is 6.18 Å². The molecule has 0 fully saturated rings. The SMILES string of the molecule is CCn1cc(-c2cc(C(F)(F)F)nc3sc(C(N)=O)c(NC(=O)c4nn(C)c(C)c4Br)c23)c(C)n1. The number of carbonyl (C=O) groups excluding carboxylic acids is 2. The molecule has 0 unspecified atom stereocenters. The third-order valence-electron chi connectivity index (χ3n) is 5.45. The van der Waals surface area contributed by atoms with E-state index < -0.39 is 23.7 Å². The minimum atomic E-state index is -4.74. The van der Waals surface area contributed by atoms with Gasteiger partial charge in [-0.2, -0.15) is 23.4 Å². The summed E-state index contributed by atoms with van der Waals surface area (Å²) in [5.41, 5.74) is 6.09. The first-order valence-corrected chi connectivity index (χ1v) is 11.8. The molecule has 0 aliphatic rings. The lowest BCUT2D eigenvalue weighted by Gasteiger charge is -2.11. The molecule has 0 spiro atoms. The number of fused-ring (bicyclic) bond motifs is 1. The van der Waals surface area contributed by atoms with Crippen molar-refractivity contribution in [1.82, 2.24) is 24.5 Å². The van der Waals surface area contributed by atoms with E-state index in [1.807, 2.05) is 6.92 Å². The number of thiophene rings is 1. The minimum absolute atomic E-state index is 0.0300. The molecule has 0 aliphatic carbocycles. The summed E-state index contributed by atoms with van der Waals surface area (Å²) < 4.78 is 44.6. The number of aryl methyl sites for hydroxylation is 3. The standard InChI is InChI=1S/C21H19BrF3N7O2S/c1-5-32-7-11(8(2)29-32)10-6-12(21(23,24)25)27-20-13(10)15(17(35-20)18(26)33)28-19(34)16-14(22)9(3)31(4)30-16/h6-7H,5H2,1-4H3,(H2,26,33)(H,28,34). The van der Waals surface area contributed by atoms with Crippen molar-refractivity contribution in [2.24, 2.45) is 12.8 Å². The predicted octanol–water partition coefficient (Wildman–Crippen LogP) is 4.66. The van der Waals surface area contributed by atoms with E-state index in [9.17, 15) is 22.8 Å². The number of alkyl halides is 3. The van der Waals surface area contributed by atoms with E-state index in [4.69, 9.17) is 5.73 Å². The quantitative estimate of drug-likeness (QED) is 0.362. The number of amides is 2. The molecule has 0 saturated heterocycles. The van der Waals surface area contributed by atoms with Crippen molar-refractivity contribution in [2.75, 3.05) is 5.32 Å². The molecule has 9 nitrogen and oxygen atoms in total. The van der Waals surface area contributed by atoms with Gasteiger partial charge in [-0.1, -0.05) is 0 Å². The van der Waals surface area contributed by atoms with Crippen LogP contribution in [-0.4, -0.2) is 36.4 Å². The zero-order valence-electron chi connectivity index (χ0n) is 18.9. The average molecular weight is 570 g/mol. The van der Waals surface area contributed by atoms with Gasteiger partial charge in [0.05, 0.1) is 21.5 Å². The molecule has 4 rings (SSSR count). The summed E-state index contributed by atoms with van der Waals surface area (Å²) in [6, 6.07) is 0.889. The highest BCUT2D eigenvalue weighted by atomic mass is 79.9. The van der Waals surface area contributed by atoms with Crippen LogP contribution in [0.4, 0.5) is 18.9 Å². The van der Waals surface area contributed by atoms with E-state index in [-0.39, 0.29) is 32.0 Å². The number of hydrogen-bond donors (Lipinski definition) is 2. The fraction of sp³-hybridized carbons (Fsp3) is 0.286. The maximum absolute atomic E-state index is 13.7. The number of pyridine rings is 1. The molecule has 4 aromatic rings. The smallest absolute Gasteiger partial charge is 0.365 e. The Morgan fingerprint density at radius 2 is 1.91 bits per heavy atom. The highest BCUT2D eigenvalue weighted by Gasteiger charge is 2.35. The van der Waals surface area contributed by atoms with Crippen LogP contribution in [0.2, 0.25) is 0 Å². The molecule has 184 valence electrons. The van der Waals surface area contributed by atoms with Crippen LogP contribution in [0.1, 0.15) is 44.2 Å². The minimum Gasteiger partial charge on any atom is -0.365 e. The summed E-state index contributed by atoms with van der Waals surface area (Å²) in [7, 11) is 1.65. The molecule has 35 heavy (non-hydrogen) atoms. The van der Waals surface area contributed by atoms with Gasteiger partial charge < -0.3 is 11.1 Å². The van der Waals surface area contributed by atoms with Gasteiger partial charge in [0, 0.05) is 30.7 Å². The van der Waals surface area contributed by atoms with Crippen LogP contribution < -0.4 is 11.1 Å². The van der Waals surface area contributed by atoms with Crippen molar-refractivity contribution in [3.05, 3.63) is 44.4 Å². The number of nitrogens with two attached hydrogens (primary N) is 1. The molecule has 0 aliphatic heterocycles. The van der Waals surface area contributed by atoms with E-state index in [0.717, 1.165) is 6.07 Å². The number of aromatic nitrogens is 5. The Kier molecular flexibility index (Phi) is 6.21. The molecule has 2 amide bonds. The Balaban J connectivity index is 2.01. The first-order chi connectivity index (χ1) is 16.3. The van der Waals surface area contributed by atoms with Crippen LogP contribution in [0.15, 0.2) is 16.7 Å². The van der Waals surface area contributed by atoms with Crippen molar-refractivity contribution in [1.29, 1.82) is 0 Å². The molecule has 0 saturated carbocycles. The van der Waals surface area contributed by atoms with Crippen LogP contribution >= 0.6 is 27.3 Å². The molecule has 0 aromatic carbocycles. The Bertz CT molecular complexity index is 1500. The number of carbonyl (C=O) groups is 2. The van der Waals surface area contributed by atoms with Crippen LogP contribution in [0.25, 0.3) is 21.3 Å². The fourth-order valence-electron chi connectivity index (χ4n) is 3.59. The van der Waals surface area contributed by atoms with Gasteiger partial charge in [0.1, 0.15) is 15.4 Å². The van der Waals surface area contributed by atoms with E-state index in [0.29, 0.717) is 39.3 Å². The van der Waals surface area contributed by atoms with Gasteiger partial charge in [0.2, 0.25) is 0 Å². The van der Waals surface area contributed by atoms with Gasteiger partial charge in [0.25, 0.3) is 11.8 Å². The van der Waals surface area contributed by atoms with Crippen molar-refractivity contribution in [2.45, 2.75) is 33.5 Å². The molecule has 0 radical (unpaired) electrons. The van der Waals surface area contributed by atoms with E-state index >= 15 is 0 Å². The zero-order valence-corrected chi connectivity index (χ0v) is 21.3. The summed E-state index contributed by atoms with van der Waals surface area (Å²) in [5, 5.41) is 11.3. The topological polar surface area (TPSA) is 121 Å². The lowest BCUT2D eigenvalue weighted by molar-refractivity contribution is -0.140. The lowest BCUT2D eigenvalue weighted by atomic mass is 10.0. The number of nitrogens with one attached hydrogen (secondary N) is 1. The molecule has 4 heterocycles. The number of anilines is 1. The fourth-order valence-corrected chi connectivity index (χ4v) is 5.12. The number of primary amides is 1. The first-order valence-electron chi connectivity index (χ1n) is 10.2. The van der Waals surface area contributed by atoms with Crippen LogP contribution in [-0.2, 0) is 19.8 Å². The van der Waals surface area contributed by atoms with Gasteiger partial charge in [-0.3, -0.25) is 19.0 Å². The van der Waals surface area contributed by atoms with E-state index in [1.54, 1.807) is 31.8 Å². The van der Waals surface area contributed by atoms with Gasteiger partial charge in [-0.15, -0.1) is 11.3 Å². The number of nitrogens with zero attached hydrogens (tertiary/aromatic N) is 5. The third-order valence-corrected chi connectivity index (χ3v) is 7.50. The Morgan fingerprint density at radius 3 is 2.43 bits per heavy atom. The monoisotopic (exact) mass is 569 g/mol. The maximum atomic E-state index is 13.7. The zero-order chi connectivity index (χ0) is 25.8. The second-order valence-electron chi connectivity index (χ2n) is 7.71. The number of halogens is 4. The lowest BCUT2D eigenvalue weighted by Crippen LogP contribution is -2.17. The normalized spacial score (nSPS) is 11.9. The summed E-state index contributed by atoms with van der Waals surface area (Å²) in [4.78, 5) is 28.9. The van der Waals surface area contributed by atoms with Crippen molar-refractivity contribution >= 4 is 55.0 Å². The van der Waals surface area contributed by atoms with Crippen LogP contribution in [0.5, 0.6) is 0 Å². The highest BCUT2D eigenvalue weighted by Crippen LogP contribution is 2.44. The van der Waals surface area contributed by atoms with Gasteiger partial charge in [0.15, 0.2) is 5.69 Å². The van der Waals surface area contributed by atoms with Gasteiger partial charge in [-0.05, 0) is 48.3 Å². The van der Waals surface area contributed by atoms with Crippen molar-refractivity contribution in [3.8, 4) is 11.1 Å². The molecule has 0 atom stereocenters. The molecule has 0 bridgehead atoms. The van der Waals surface area contributed by atoms with Gasteiger partial charge in [-0.25, -0.2) is 4.98 Å². The Hall–Kier alpha value is -3.26. The molecule has 3 N–H and O–H groups in total. The third kappa shape index (κ3) is 4.31. The summed E-state index contributed by atoms with van der Waals surface area (Å²) in [5.74, 6) is -1.59. The number of rotatable bonds is 5. The molecular formula is C21H19BrF3N7O2S. The van der Waals surface area contributed by atoms with E-state index in [1.165, 1.54) is 4.68 Å². The molecule has 4 aromatic heterocycles. The second kappa shape index (κ2) is 8.75. The summed E-state index contributed by atoms with van der Waals surface area (Å²) in [6.45, 7) is 5.74.